The highest BCUT2D eigenvalue weighted by molar-refractivity contribution is 7.89. The number of H-pyrrole nitrogens is 1. The zero-order valence-corrected chi connectivity index (χ0v) is 14.5. The molecule has 0 aliphatic rings. The summed E-state index contributed by atoms with van der Waals surface area (Å²) in [4.78, 5) is 30.6. The van der Waals surface area contributed by atoms with Crippen molar-refractivity contribution in [3.05, 3.63) is 45.1 Å². The van der Waals surface area contributed by atoms with Crippen molar-refractivity contribution in [2.75, 3.05) is 5.43 Å². The SMILES string of the molecule is Cn1c(=O)c2[nH]c(N=NNc3ccc(S(N)(=O)=O)cc3)nc2n(C)c1=O. The lowest BCUT2D eigenvalue weighted by atomic mass is 10.3. The van der Waals surface area contributed by atoms with Gasteiger partial charge in [0.15, 0.2) is 11.2 Å². The second kappa shape index (κ2) is 6.20. The van der Waals surface area contributed by atoms with Crippen LogP contribution in [0.5, 0.6) is 0 Å². The summed E-state index contributed by atoms with van der Waals surface area (Å²) in [7, 11) is -0.926. The maximum Gasteiger partial charge on any atom is 0.332 e. The fourth-order valence-electron chi connectivity index (χ4n) is 2.21. The summed E-state index contributed by atoms with van der Waals surface area (Å²) in [6.07, 6.45) is 0. The zero-order valence-electron chi connectivity index (χ0n) is 13.7. The summed E-state index contributed by atoms with van der Waals surface area (Å²) in [5.74, 6) is 0.0203. The van der Waals surface area contributed by atoms with Gasteiger partial charge in [-0.1, -0.05) is 10.3 Å². The predicted octanol–water partition coefficient (Wildman–Crippen LogP) is -0.282. The van der Waals surface area contributed by atoms with E-state index in [-0.39, 0.29) is 22.0 Å². The van der Waals surface area contributed by atoms with Crippen molar-refractivity contribution in [1.82, 2.24) is 19.1 Å². The largest absolute Gasteiger partial charge is 0.332 e. The number of hydrogen-bond donors (Lipinski definition) is 3. The van der Waals surface area contributed by atoms with E-state index in [1.807, 2.05) is 0 Å². The Morgan fingerprint density at radius 1 is 1.15 bits per heavy atom. The molecule has 3 rings (SSSR count). The summed E-state index contributed by atoms with van der Waals surface area (Å²) in [6.45, 7) is 0. The zero-order chi connectivity index (χ0) is 19.1. The second-order valence-electron chi connectivity index (χ2n) is 5.35. The van der Waals surface area contributed by atoms with Gasteiger partial charge in [0, 0.05) is 14.1 Å². The van der Waals surface area contributed by atoms with Crippen LogP contribution < -0.4 is 21.8 Å². The summed E-state index contributed by atoms with van der Waals surface area (Å²) in [5, 5.41) is 12.5. The van der Waals surface area contributed by atoms with Crippen LogP contribution in [-0.4, -0.2) is 27.5 Å². The third-order valence-corrected chi connectivity index (χ3v) is 4.52. The van der Waals surface area contributed by atoms with Gasteiger partial charge in [-0.2, -0.15) is 4.98 Å². The first kappa shape index (κ1) is 17.5. The molecule has 0 bridgehead atoms. The van der Waals surface area contributed by atoms with Crippen molar-refractivity contribution in [2.45, 2.75) is 4.90 Å². The Hall–Kier alpha value is -3.32. The van der Waals surface area contributed by atoms with Gasteiger partial charge in [0.2, 0.25) is 10.0 Å². The molecule has 2 heterocycles. The van der Waals surface area contributed by atoms with Crippen LogP contribution in [0.2, 0.25) is 0 Å². The molecule has 0 fully saturated rings. The van der Waals surface area contributed by atoms with E-state index in [4.69, 9.17) is 5.14 Å². The van der Waals surface area contributed by atoms with E-state index in [0.717, 1.165) is 4.57 Å². The molecule has 0 radical (unpaired) electrons. The van der Waals surface area contributed by atoms with Crippen LogP contribution in [0.15, 0.2) is 49.1 Å². The number of primary sulfonamides is 1. The molecular weight excluding hydrogens is 364 g/mol. The molecule has 0 atom stereocenters. The molecule has 0 saturated carbocycles. The van der Waals surface area contributed by atoms with Crippen LogP contribution in [0, 0.1) is 0 Å². The van der Waals surface area contributed by atoms with E-state index in [9.17, 15) is 18.0 Å². The summed E-state index contributed by atoms with van der Waals surface area (Å²) >= 11 is 0. The van der Waals surface area contributed by atoms with E-state index in [0.29, 0.717) is 5.69 Å². The average Bonchev–Trinajstić information content (AvgIpc) is 3.02. The summed E-state index contributed by atoms with van der Waals surface area (Å²) in [6, 6.07) is 5.54. The molecule has 1 aromatic carbocycles. The van der Waals surface area contributed by atoms with E-state index in [1.54, 1.807) is 0 Å². The fraction of sp³-hybridized carbons (Fsp3) is 0.154. The highest BCUT2D eigenvalue weighted by atomic mass is 32.2. The van der Waals surface area contributed by atoms with Gasteiger partial charge in [0.25, 0.3) is 11.5 Å². The van der Waals surface area contributed by atoms with Crippen molar-refractivity contribution in [1.29, 1.82) is 0 Å². The van der Waals surface area contributed by atoms with Crippen molar-refractivity contribution in [2.24, 2.45) is 29.6 Å². The van der Waals surface area contributed by atoms with Gasteiger partial charge < -0.3 is 4.98 Å². The smallest absolute Gasteiger partial charge is 0.315 e. The van der Waals surface area contributed by atoms with E-state index in [2.05, 4.69) is 25.7 Å². The molecule has 0 aliphatic carbocycles. The lowest BCUT2D eigenvalue weighted by Gasteiger charge is -2.00. The normalized spacial score (nSPS) is 12.1. The summed E-state index contributed by atoms with van der Waals surface area (Å²) < 4.78 is 24.5. The van der Waals surface area contributed by atoms with Gasteiger partial charge in [-0.25, -0.2) is 18.4 Å². The molecule has 3 aromatic rings. The van der Waals surface area contributed by atoms with Crippen molar-refractivity contribution in [3.63, 3.8) is 0 Å². The number of aromatic amines is 1. The molecule has 2 aromatic heterocycles. The first-order valence-corrected chi connectivity index (χ1v) is 8.68. The minimum atomic E-state index is -3.77. The molecule has 13 heteroatoms. The van der Waals surface area contributed by atoms with Gasteiger partial charge >= 0.3 is 5.69 Å². The third-order valence-electron chi connectivity index (χ3n) is 3.59. The van der Waals surface area contributed by atoms with Crippen LogP contribution in [0.4, 0.5) is 11.6 Å². The number of nitrogens with one attached hydrogen (secondary N) is 2. The van der Waals surface area contributed by atoms with Crippen LogP contribution >= 0.6 is 0 Å². The number of fused-ring (bicyclic) bond motifs is 1. The van der Waals surface area contributed by atoms with Crippen LogP contribution in [0.25, 0.3) is 11.2 Å². The molecule has 136 valence electrons. The highest BCUT2D eigenvalue weighted by Gasteiger charge is 2.13. The number of rotatable bonds is 4. The fourth-order valence-corrected chi connectivity index (χ4v) is 2.73. The van der Waals surface area contributed by atoms with Crippen molar-refractivity contribution in [3.8, 4) is 0 Å². The van der Waals surface area contributed by atoms with E-state index in [1.165, 1.54) is 42.9 Å². The van der Waals surface area contributed by atoms with Crippen LogP contribution in [-0.2, 0) is 24.1 Å². The maximum absolute atomic E-state index is 12.1. The molecule has 26 heavy (non-hydrogen) atoms. The minimum absolute atomic E-state index is 0.0203. The van der Waals surface area contributed by atoms with E-state index < -0.39 is 21.3 Å². The Labute approximate surface area is 146 Å². The number of aromatic nitrogens is 4. The lowest BCUT2D eigenvalue weighted by molar-refractivity contribution is 0.598. The molecule has 12 nitrogen and oxygen atoms in total. The molecular formula is C13H14N8O4S. The molecule has 0 spiro atoms. The number of nitrogens with two attached hydrogens (primary N) is 1. The number of imidazole rings is 1. The third kappa shape index (κ3) is 3.12. The van der Waals surface area contributed by atoms with E-state index >= 15 is 0 Å². The van der Waals surface area contributed by atoms with Gasteiger partial charge in [-0.3, -0.25) is 19.4 Å². The van der Waals surface area contributed by atoms with Gasteiger partial charge in [-0.05, 0) is 24.3 Å². The van der Waals surface area contributed by atoms with Gasteiger partial charge in [0.1, 0.15) is 0 Å². The number of aryl methyl sites for hydroxylation is 1. The maximum atomic E-state index is 12.1. The van der Waals surface area contributed by atoms with Crippen molar-refractivity contribution >= 4 is 32.8 Å². The molecule has 0 saturated heterocycles. The van der Waals surface area contributed by atoms with Crippen LogP contribution in [0.1, 0.15) is 0 Å². The van der Waals surface area contributed by atoms with Crippen LogP contribution in [0.3, 0.4) is 0 Å². The molecule has 4 N–H and O–H groups in total. The Kier molecular flexibility index (Phi) is 4.17. The van der Waals surface area contributed by atoms with Gasteiger partial charge in [0.05, 0.1) is 10.6 Å². The monoisotopic (exact) mass is 378 g/mol. The minimum Gasteiger partial charge on any atom is -0.315 e. The Balaban J connectivity index is 1.85. The number of sulfonamides is 1. The highest BCUT2D eigenvalue weighted by Crippen LogP contribution is 2.14. The second-order valence-corrected chi connectivity index (χ2v) is 6.91. The number of benzene rings is 1. The number of nitrogens with zero attached hydrogens (tertiary/aromatic N) is 5. The molecule has 0 amide bonds. The quantitative estimate of drug-likeness (QED) is 0.416. The van der Waals surface area contributed by atoms with Gasteiger partial charge in [-0.15, -0.1) is 0 Å². The average molecular weight is 378 g/mol. The Morgan fingerprint density at radius 2 is 1.81 bits per heavy atom. The molecule has 0 aliphatic heterocycles. The first-order chi connectivity index (χ1) is 12.2. The lowest BCUT2D eigenvalue weighted by Crippen LogP contribution is -2.36. The topological polar surface area (TPSA) is 170 Å². The summed E-state index contributed by atoms with van der Waals surface area (Å²) in [5.41, 5.74) is 2.29. The predicted molar refractivity (Wildman–Crippen MR) is 92.5 cm³/mol. The standard InChI is InChI=1S/C13H14N8O4S/c1-20-10-9(11(22)21(2)13(20)23)15-12(16-10)18-19-17-7-3-5-8(6-4-7)26(14,24)25/h3-6H,1-2H3,(H2,14,24,25)(H2,15,16,17,18). The van der Waals surface area contributed by atoms with Crippen molar-refractivity contribution < 1.29 is 8.42 Å². The Morgan fingerprint density at radius 3 is 2.42 bits per heavy atom. The number of anilines is 1. The first-order valence-electron chi connectivity index (χ1n) is 7.14. The molecule has 0 unspecified atom stereocenters. The Bertz CT molecular complexity index is 1230. The number of hydrogen-bond acceptors (Lipinski definition) is 7.